The van der Waals surface area contributed by atoms with E-state index in [2.05, 4.69) is 17.3 Å². The van der Waals surface area contributed by atoms with Gasteiger partial charge in [0.25, 0.3) is 0 Å². The monoisotopic (exact) mass is 280 g/mol. The van der Waals surface area contributed by atoms with E-state index in [4.69, 9.17) is 4.74 Å². The molecule has 116 valence electrons. The lowest BCUT2D eigenvalue weighted by atomic mass is 9.74. The van der Waals surface area contributed by atoms with E-state index in [9.17, 15) is 0 Å². The molecule has 3 heteroatoms. The maximum absolute atomic E-state index is 5.82. The molecule has 1 N–H and O–H groups in total. The quantitative estimate of drug-likeness (QED) is 0.856. The minimum absolute atomic E-state index is 0.370. The maximum atomic E-state index is 5.82. The molecule has 3 rings (SSSR count). The topological polar surface area (TPSA) is 24.5 Å². The predicted molar refractivity (Wildman–Crippen MR) is 82.9 cm³/mol. The first-order valence-corrected chi connectivity index (χ1v) is 8.76. The van der Waals surface area contributed by atoms with Crippen LogP contribution in [-0.2, 0) is 4.74 Å². The zero-order valence-electron chi connectivity index (χ0n) is 13.2. The second-order valence-corrected chi connectivity index (χ2v) is 7.51. The van der Waals surface area contributed by atoms with Crippen molar-refractivity contribution in [2.75, 3.05) is 46.4 Å². The summed E-state index contributed by atoms with van der Waals surface area (Å²) in [6.45, 7) is 6.96. The fraction of sp³-hybridized carbons (Fsp3) is 1.00. The molecule has 0 radical (unpaired) electrons. The summed E-state index contributed by atoms with van der Waals surface area (Å²) in [5.41, 5.74) is 0.370. The normalized spacial score (nSPS) is 39.5. The van der Waals surface area contributed by atoms with Crippen molar-refractivity contribution in [3.05, 3.63) is 0 Å². The van der Waals surface area contributed by atoms with E-state index in [1.807, 2.05) is 0 Å². The third-order valence-electron chi connectivity index (χ3n) is 5.89. The van der Waals surface area contributed by atoms with Crippen molar-refractivity contribution >= 4 is 0 Å². The van der Waals surface area contributed by atoms with Crippen LogP contribution in [0.4, 0.5) is 0 Å². The van der Waals surface area contributed by atoms with Gasteiger partial charge in [-0.2, -0.15) is 0 Å². The lowest BCUT2D eigenvalue weighted by Crippen LogP contribution is -2.52. The molecule has 0 aromatic rings. The van der Waals surface area contributed by atoms with Gasteiger partial charge in [0.2, 0.25) is 0 Å². The summed E-state index contributed by atoms with van der Waals surface area (Å²) in [7, 11) is 2.09. The molecule has 2 aliphatic heterocycles. The molecular weight excluding hydrogens is 248 g/mol. The molecule has 3 nitrogen and oxygen atoms in total. The molecule has 1 saturated carbocycles. The summed E-state index contributed by atoms with van der Waals surface area (Å²) < 4.78 is 5.82. The molecular formula is C17H32N2O. The number of piperidine rings is 1. The minimum Gasteiger partial charge on any atom is -0.381 e. The molecule has 3 aliphatic rings. The van der Waals surface area contributed by atoms with Gasteiger partial charge in [0.05, 0.1) is 6.61 Å². The van der Waals surface area contributed by atoms with Crippen LogP contribution < -0.4 is 5.32 Å². The average Bonchev–Trinajstić information content (AvgIpc) is 2.48. The van der Waals surface area contributed by atoms with Crippen LogP contribution in [0.5, 0.6) is 0 Å². The first kappa shape index (κ1) is 14.8. The van der Waals surface area contributed by atoms with E-state index in [0.717, 1.165) is 31.6 Å². The summed E-state index contributed by atoms with van der Waals surface area (Å²) in [6, 6.07) is 0. The van der Waals surface area contributed by atoms with Crippen molar-refractivity contribution in [1.82, 2.24) is 10.2 Å². The van der Waals surface area contributed by atoms with Gasteiger partial charge >= 0.3 is 0 Å². The van der Waals surface area contributed by atoms with Crippen molar-refractivity contribution in [2.24, 2.45) is 17.3 Å². The van der Waals surface area contributed by atoms with Crippen molar-refractivity contribution in [3.8, 4) is 0 Å². The van der Waals surface area contributed by atoms with Crippen LogP contribution in [-0.4, -0.2) is 51.3 Å². The van der Waals surface area contributed by atoms with E-state index in [0.29, 0.717) is 5.41 Å². The Hall–Kier alpha value is -0.120. The van der Waals surface area contributed by atoms with Crippen LogP contribution in [0.25, 0.3) is 0 Å². The Morgan fingerprint density at radius 2 is 2.00 bits per heavy atom. The number of ether oxygens (including phenoxy) is 1. The number of hydrogen-bond acceptors (Lipinski definition) is 3. The van der Waals surface area contributed by atoms with Gasteiger partial charge in [-0.05, 0) is 51.1 Å². The second-order valence-electron chi connectivity index (χ2n) is 7.51. The zero-order valence-corrected chi connectivity index (χ0v) is 13.2. The Labute approximate surface area is 124 Å². The molecule has 2 saturated heterocycles. The highest BCUT2D eigenvalue weighted by molar-refractivity contribution is 4.90. The van der Waals surface area contributed by atoms with Crippen LogP contribution in [0.2, 0.25) is 0 Å². The van der Waals surface area contributed by atoms with E-state index in [1.165, 1.54) is 64.6 Å². The molecule has 1 aliphatic carbocycles. The average molecular weight is 280 g/mol. The molecule has 0 spiro atoms. The Kier molecular flexibility index (Phi) is 5.00. The Morgan fingerprint density at radius 1 is 1.15 bits per heavy atom. The van der Waals surface area contributed by atoms with E-state index >= 15 is 0 Å². The van der Waals surface area contributed by atoms with E-state index in [1.54, 1.807) is 0 Å². The van der Waals surface area contributed by atoms with Gasteiger partial charge in [0.1, 0.15) is 0 Å². The number of nitrogens with zero attached hydrogens (tertiary/aromatic N) is 1. The highest BCUT2D eigenvalue weighted by Gasteiger charge is 2.37. The highest BCUT2D eigenvalue weighted by Crippen LogP contribution is 2.38. The van der Waals surface area contributed by atoms with Crippen LogP contribution in [0.15, 0.2) is 0 Å². The second kappa shape index (κ2) is 6.76. The Balaban J connectivity index is 1.58. The van der Waals surface area contributed by atoms with Gasteiger partial charge in [-0.3, -0.25) is 0 Å². The smallest absolute Gasteiger partial charge is 0.0546 e. The lowest BCUT2D eigenvalue weighted by Gasteiger charge is -2.46. The zero-order chi connectivity index (χ0) is 13.8. The van der Waals surface area contributed by atoms with Gasteiger partial charge in [-0.15, -0.1) is 0 Å². The third kappa shape index (κ3) is 3.37. The third-order valence-corrected chi connectivity index (χ3v) is 5.89. The summed E-state index contributed by atoms with van der Waals surface area (Å²) in [5, 5.41) is 3.42. The number of hydrogen-bond donors (Lipinski definition) is 1. The van der Waals surface area contributed by atoms with E-state index < -0.39 is 0 Å². The van der Waals surface area contributed by atoms with Gasteiger partial charge < -0.3 is 15.0 Å². The van der Waals surface area contributed by atoms with Crippen molar-refractivity contribution in [2.45, 2.75) is 44.9 Å². The minimum atomic E-state index is 0.370. The van der Waals surface area contributed by atoms with Crippen molar-refractivity contribution < 1.29 is 4.74 Å². The first-order valence-electron chi connectivity index (χ1n) is 8.76. The number of nitrogens with one attached hydrogen (secondary N) is 1. The Morgan fingerprint density at radius 3 is 2.75 bits per heavy atom. The lowest BCUT2D eigenvalue weighted by molar-refractivity contribution is -0.0378. The largest absolute Gasteiger partial charge is 0.381 e. The first-order chi connectivity index (χ1) is 9.81. The van der Waals surface area contributed by atoms with Gasteiger partial charge in [-0.25, -0.2) is 0 Å². The van der Waals surface area contributed by atoms with Crippen LogP contribution in [0.3, 0.4) is 0 Å². The molecule has 0 aromatic carbocycles. The summed E-state index contributed by atoms with van der Waals surface area (Å²) in [6.07, 6.45) is 9.96. The molecule has 0 aromatic heterocycles. The maximum Gasteiger partial charge on any atom is 0.0546 e. The Bertz CT molecular complexity index is 296. The van der Waals surface area contributed by atoms with Crippen molar-refractivity contribution in [3.63, 3.8) is 0 Å². The van der Waals surface area contributed by atoms with Crippen LogP contribution in [0.1, 0.15) is 44.9 Å². The number of fused-ring (bicyclic) bond motifs is 1. The fourth-order valence-electron chi connectivity index (χ4n) is 4.90. The molecule has 20 heavy (non-hydrogen) atoms. The number of rotatable bonds is 4. The molecule has 3 atom stereocenters. The van der Waals surface area contributed by atoms with Crippen LogP contribution >= 0.6 is 0 Å². The van der Waals surface area contributed by atoms with E-state index in [-0.39, 0.29) is 0 Å². The number of likely N-dealkylation sites (tertiary alicyclic amines) is 1. The molecule has 0 bridgehead atoms. The summed E-state index contributed by atoms with van der Waals surface area (Å²) in [4.78, 5) is 2.76. The van der Waals surface area contributed by atoms with Gasteiger partial charge in [-0.1, -0.05) is 19.3 Å². The molecule has 2 heterocycles. The van der Waals surface area contributed by atoms with Gasteiger partial charge in [0, 0.05) is 31.7 Å². The predicted octanol–water partition coefficient (Wildman–Crippen LogP) is 2.51. The fourth-order valence-corrected chi connectivity index (χ4v) is 4.90. The van der Waals surface area contributed by atoms with Crippen LogP contribution in [0, 0.1) is 17.3 Å². The van der Waals surface area contributed by atoms with Gasteiger partial charge in [0.15, 0.2) is 0 Å². The summed E-state index contributed by atoms with van der Waals surface area (Å²) in [5.74, 6) is 2.04. The standard InChI is InChI=1S/C17H32N2O/c1-18-12-17(8-4-10-20-14-17)13-19-9-7-15-5-2-3-6-16(15)11-19/h15-16,18H,2-14H2,1H3. The summed E-state index contributed by atoms with van der Waals surface area (Å²) >= 11 is 0. The van der Waals surface area contributed by atoms with Crippen molar-refractivity contribution in [1.29, 1.82) is 0 Å². The molecule has 3 unspecified atom stereocenters. The highest BCUT2D eigenvalue weighted by atomic mass is 16.5. The SMILES string of the molecule is CNCC1(CN2CCC3CCCCC3C2)CCCOC1. The molecule has 0 amide bonds. The molecule has 3 fully saturated rings.